The summed E-state index contributed by atoms with van der Waals surface area (Å²) in [6, 6.07) is -0.711. The lowest BCUT2D eigenvalue weighted by molar-refractivity contribution is -0.0584. The molecule has 2 saturated heterocycles. The van der Waals surface area contributed by atoms with Gasteiger partial charge in [0.1, 0.15) is 6.04 Å². The van der Waals surface area contributed by atoms with E-state index >= 15 is 0 Å². The molecule has 0 aromatic carbocycles. The number of urea groups is 1. The number of amides is 2. The fourth-order valence-electron chi connectivity index (χ4n) is 2.66. The topological polar surface area (TPSA) is 109 Å². The standard InChI is InChI=1S/C11H17N5O3/c12-5-1-2-9-13-14-10(19-9)8-4-3-7-6-15(8)11(17)16(7)18/h7-8,18H,1-6,12H2/t7-,8-/m0/s1. The van der Waals surface area contributed by atoms with Crippen molar-refractivity contribution in [1.29, 1.82) is 0 Å². The summed E-state index contributed by atoms with van der Waals surface area (Å²) in [5, 5.41) is 18.4. The van der Waals surface area contributed by atoms with E-state index < -0.39 is 0 Å². The average Bonchev–Trinajstić information content (AvgIpc) is 2.98. The molecule has 1 aromatic rings. The largest absolute Gasteiger partial charge is 0.423 e. The Morgan fingerprint density at radius 3 is 3.05 bits per heavy atom. The van der Waals surface area contributed by atoms with E-state index in [1.807, 2.05) is 0 Å². The van der Waals surface area contributed by atoms with Crippen LogP contribution in [0.25, 0.3) is 0 Å². The maximum atomic E-state index is 11.8. The number of carbonyl (C=O) groups is 1. The highest BCUT2D eigenvalue weighted by Gasteiger charge is 2.46. The minimum atomic E-state index is -0.380. The normalized spacial score (nSPS) is 26.3. The second-order valence-electron chi connectivity index (χ2n) is 4.95. The number of piperidine rings is 1. The molecule has 2 aliphatic heterocycles. The number of hydrogen-bond donors (Lipinski definition) is 2. The number of nitrogens with two attached hydrogens (primary N) is 1. The summed E-state index contributed by atoms with van der Waals surface area (Å²) >= 11 is 0. The number of aryl methyl sites for hydroxylation is 1. The Morgan fingerprint density at radius 2 is 2.26 bits per heavy atom. The fourth-order valence-corrected chi connectivity index (χ4v) is 2.66. The minimum absolute atomic E-state index is 0.108. The van der Waals surface area contributed by atoms with Gasteiger partial charge in [0.05, 0.1) is 6.04 Å². The third-order valence-electron chi connectivity index (χ3n) is 3.71. The highest BCUT2D eigenvalue weighted by Crippen LogP contribution is 2.36. The van der Waals surface area contributed by atoms with E-state index in [2.05, 4.69) is 10.2 Å². The predicted octanol–water partition coefficient (Wildman–Crippen LogP) is 0.291. The molecule has 104 valence electrons. The van der Waals surface area contributed by atoms with E-state index in [1.165, 1.54) is 0 Å². The molecule has 3 heterocycles. The molecule has 2 amide bonds. The lowest BCUT2D eigenvalue weighted by atomic mass is 10.0. The molecular weight excluding hydrogens is 250 g/mol. The molecule has 3 N–H and O–H groups in total. The maximum absolute atomic E-state index is 11.8. The number of hydrogen-bond acceptors (Lipinski definition) is 6. The second-order valence-corrected chi connectivity index (χ2v) is 4.95. The molecule has 19 heavy (non-hydrogen) atoms. The van der Waals surface area contributed by atoms with Gasteiger partial charge in [0.2, 0.25) is 11.8 Å². The van der Waals surface area contributed by atoms with Crippen LogP contribution in [0.2, 0.25) is 0 Å². The smallest absolute Gasteiger partial charge is 0.344 e. The zero-order valence-electron chi connectivity index (χ0n) is 10.5. The molecular formula is C11H17N5O3. The van der Waals surface area contributed by atoms with Crippen LogP contribution in [0.15, 0.2) is 4.42 Å². The summed E-state index contributed by atoms with van der Waals surface area (Å²) in [6.07, 6.45) is 2.91. The van der Waals surface area contributed by atoms with Crippen molar-refractivity contribution in [2.45, 2.75) is 37.8 Å². The number of nitrogens with zero attached hydrogens (tertiary/aromatic N) is 4. The van der Waals surface area contributed by atoms with Crippen LogP contribution in [0.5, 0.6) is 0 Å². The van der Waals surface area contributed by atoms with Gasteiger partial charge >= 0.3 is 6.03 Å². The number of hydroxylamine groups is 2. The van der Waals surface area contributed by atoms with Crippen LogP contribution in [-0.2, 0) is 6.42 Å². The van der Waals surface area contributed by atoms with Crippen LogP contribution in [0, 0.1) is 0 Å². The number of rotatable bonds is 4. The molecule has 1 aromatic heterocycles. The predicted molar refractivity (Wildman–Crippen MR) is 63.2 cm³/mol. The molecule has 0 spiro atoms. The Labute approximate surface area is 110 Å². The van der Waals surface area contributed by atoms with Crippen LogP contribution >= 0.6 is 0 Å². The Balaban J connectivity index is 1.75. The first-order chi connectivity index (χ1) is 9.20. The summed E-state index contributed by atoms with van der Waals surface area (Å²) < 4.78 is 5.59. The molecule has 0 unspecified atom stereocenters. The van der Waals surface area contributed by atoms with Gasteiger partial charge in [0, 0.05) is 13.0 Å². The van der Waals surface area contributed by atoms with Gasteiger partial charge in [-0.1, -0.05) is 0 Å². The van der Waals surface area contributed by atoms with Gasteiger partial charge in [-0.15, -0.1) is 10.2 Å². The van der Waals surface area contributed by atoms with Crippen molar-refractivity contribution >= 4 is 6.03 Å². The van der Waals surface area contributed by atoms with Gasteiger partial charge in [-0.25, -0.2) is 9.86 Å². The molecule has 0 radical (unpaired) electrons. The molecule has 8 heteroatoms. The van der Waals surface area contributed by atoms with Crippen molar-refractivity contribution in [3.05, 3.63) is 11.8 Å². The van der Waals surface area contributed by atoms with Gasteiger partial charge in [0.15, 0.2) is 0 Å². The van der Waals surface area contributed by atoms with Crippen molar-refractivity contribution in [2.75, 3.05) is 13.1 Å². The van der Waals surface area contributed by atoms with Crippen LogP contribution in [-0.4, -0.2) is 50.5 Å². The number of aromatic nitrogens is 2. The fraction of sp³-hybridized carbons (Fsp3) is 0.727. The van der Waals surface area contributed by atoms with Crippen LogP contribution < -0.4 is 5.73 Å². The van der Waals surface area contributed by atoms with Crippen molar-refractivity contribution in [3.8, 4) is 0 Å². The highest BCUT2D eigenvalue weighted by molar-refractivity contribution is 5.76. The first kappa shape index (κ1) is 12.4. The molecule has 2 aliphatic rings. The van der Waals surface area contributed by atoms with E-state index in [-0.39, 0.29) is 18.1 Å². The lowest BCUT2D eigenvalue weighted by Gasteiger charge is -2.27. The summed E-state index contributed by atoms with van der Waals surface area (Å²) in [6.45, 7) is 1.09. The van der Waals surface area contributed by atoms with Crippen LogP contribution in [0.3, 0.4) is 0 Å². The summed E-state index contributed by atoms with van der Waals surface area (Å²) in [7, 11) is 0. The molecule has 3 rings (SSSR count). The molecule has 2 fully saturated rings. The monoisotopic (exact) mass is 267 g/mol. The molecule has 0 saturated carbocycles. The van der Waals surface area contributed by atoms with E-state index in [9.17, 15) is 10.0 Å². The molecule has 0 aliphatic carbocycles. The molecule has 8 nitrogen and oxygen atoms in total. The van der Waals surface area contributed by atoms with Gasteiger partial charge in [-0.2, -0.15) is 0 Å². The Kier molecular flexibility index (Phi) is 3.11. The zero-order valence-corrected chi connectivity index (χ0v) is 10.5. The van der Waals surface area contributed by atoms with Crippen molar-refractivity contribution in [1.82, 2.24) is 20.2 Å². The van der Waals surface area contributed by atoms with E-state index in [4.69, 9.17) is 10.2 Å². The van der Waals surface area contributed by atoms with Gasteiger partial charge in [-0.3, -0.25) is 5.21 Å². The van der Waals surface area contributed by atoms with Crippen LogP contribution in [0.1, 0.15) is 37.1 Å². The third-order valence-corrected chi connectivity index (χ3v) is 3.71. The first-order valence-electron chi connectivity index (χ1n) is 6.51. The van der Waals surface area contributed by atoms with Crippen LogP contribution in [0.4, 0.5) is 4.79 Å². The first-order valence-corrected chi connectivity index (χ1v) is 6.51. The second kappa shape index (κ2) is 4.78. The quantitative estimate of drug-likeness (QED) is 0.759. The van der Waals surface area contributed by atoms with Gasteiger partial charge in [-0.05, 0) is 25.8 Å². The Morgan fingerprint density at radius 1 is 1.42 bits per heavy atom. The maximum Gasteiger partial charge on any atom is 0.344 e. The number of fused-ring (bicyclic) bond motifs is 2. The van der Waals surface area contributed by atoms with Gasteiger partial charge in [0.25, 0.3) is 0 Å². The van der Waals surface area contributed by atoms with E-state index in [0.717, 1.165) is 24.3 Å². The average molecular weight is 267 g/mol. The highest BCUT2D eigenvalue weighted by atomic mass is 16.5. The SMILES string of the molecule is NCCCc1nnc([C@@H]2CC[C@H]3CN2C(=O)N3O)o1. The Hall–Kier alpha value is -1.67. The van der Waals surface area contributed by atoms with E-state index in [1.54, 1.807) is 4.90 Å². The number of carbonyl (C=O) groups excluding carboxylic acids is 1. The van der Waals surface area contributed by atoms with Gasteiger partial charge < -0.3 is 15.1 Å². The zero-order chi connectivity index (χ0) is 13.4. The Bertz CT molecular complexity index is 477. The molecule has 2 atom stereocenters. The third kappa shape index (κ3) is 2.06. The summed E-state index contributed by atoms with van der Waals surface area (Å²) in [4.78, 5) is 13.4. The van der Waals surface area contributed by atoms with E-state index in [0.29, 0.717) is 31.3 Å². The lowest BCUT2D eigenvalue weighted by Crippen LogP contribution is -2.34. The van der Waals surface area contributed by atoms with Crippen molar-refractivity contribution in [3.63, 3.8) is 0 Å². The summed E-state index contributed by atoms with van der Waals surface area (Å²) in [5.41, 5.74) is 5.43. The van der Waals surface area contributed by atoms with Crippen molar-refractivity contribution < 1.29 is 14.4 Å². The van der Waals surface area contributed by atoms with Crippen molar-refractivity contribution in [2.24, 2.45) is 5.73 Å². The molecule has 2 bridgehead atoms. The summed E-state index contributed by atoms with van der Waals surface area (Å²) in [5.74, 6) is 1.00. The minimum Gasteiger partial charge on any atom is -0.423 e.